The largest absolute Gasteiger partial charge is 0.483 e. The minimum atomic E-state index is -0.316. The summed E-state index contributed by atoms with van der Waals surface area (Å²) in [6.07, 6.45) is -0.316. The van der Waals surface area contributed by atoms with Crippen LogP contribution in [0.1, 0.15) is 44.2 Å². The number of anilines is 1. The van der Waals surface area contributed by atoms with Gasteiger partial charge in [-0.25, -0.2) is 0 Å². The molecular formula is C22H25ClN4O2S. The van der Waals surface area contributed by atoms with E-state index in [9.17, 15) is 4.79 Å². The SMILES string of the molecule is CC(C)c1ccc(NC(=O)CSc2nnc(C(C)Oc3cccc(Cl)c3)n2C)cc1. The molecule has 0 aliphatic heterocycles. The van der Waals surface area contributed by atoms with Gasteiger partial charge in [0.05, 0.1) is 5.75 Å². The quantitative estimate of drug-likeness (QED) is 0.467. The van der Waals surface area contributed by atoms with Crippen LogP contribution >= 0.6 is 23.4 Å². The van der Waals surface area contributed by atoms with Gasteiger partial charge in [-0.05, 0) is 48.7 Å². The van der Waals surface area contributed by atoms with Crippen molar-refractivity contribution in [3.8, 4) is 5.75 Å². The van der Waals surface area contributed by atoms with Crippen molar-refractivity contribution in [2.75, 3.05) is 11.1 Å². The normalized spacial score (nSPS) is 12.1. The summed E-state index contributed by atoms with van der Waals surface area (Å²) in [5, 5.41) is 12.6. The molecule has 0 saturated heterocycles. The maximum absolute atomic E-state index is 12.3. The molecule has 0 radical (unpaired) electrons. The van der Waals surface area contributed by atoms with E-state index in [4.69, 9.17) is 16.3 Å². The Hall–Kier alpha value is -2.51. The first-order chi connectivity index (χ1) is 14.3. The third kappa shape index (κ3) is 5.77. The number of nitrogens with zero attached hydrogens (tertiary/aromatic N) is 3. The summed E-state index contributed by atoms with van der Waals surface area (Å²) in [6.45, 7) is 6.17. The Balaban J connectivity index is 1.56. The summed E-state index contributed by atoms with van der Waals surface area (Å²) in [5.74, 6) is 1.93. The molecule has 158 valence electrons. The Bertz CT molecular complexity index is 1000. The molecule has 30 heavy (non-hydrogen) atoms. The van der Waals surface area contributed by atoms with Crippen LogP contribution in [0.25, 0.3) is 0 Å². The molecule has 0 fully saturated rings. The second-order valence-electron chi connectivity index (χ2n) is 7.23. The standard InChI is InChI=1S/C22H25ClN4O2S/c1-14(2)16-8-10-18(11-9-16)24-20(28)13-30-22-26-25-21(27(22)4)15(3)29-19-7-5-6-17(23)12-19/h5-12,14-15H,13H2,1-4H3,(H,24,28). The molecule has 1 amide bonds. The molecule has 3 aromatic rings. The maximum Gasteiger partial charge on any atom is 0.234 e. The highest BCUT2D eigenvalue weighted by Gasteiger charge is 2.18. The summed E-state index contributed by atoms with van der Waals surface area (Å²) in [4.78, 5) is 12.3. The van der Waals surface area contributed by atoms with Gasteiger partial charge in [0.2, 0.25) is 5.91 Å². The molecule has 0 saturated carbocycles. The number of hydrogen-bond acceptors (Lipinski definition) is 5. The molecule has 0 aliphatic rings. The predicted octanol–water partition coefficient (Wildman–Crippen LogP) is 5.46. The summed E-state index contributed by atoms with van der Waals surface area (Å²) in [5.41, 5.74) is 2.02. The Kier molecular flexibility index (Phi) is 7.39. The Morgan fingerprint density at radius 1 is 1.17 bits per heavy atom. The molecule has 0 spiro atoms. The fourth-order valence-electron chi connectivity index (χ4n) is 2.88. The van der Waals surface area contributed by atoms with Crippen LogP contribution in [0.5, 0.6) is 5.75 Å². The Morgan fingerprint density at radius 2 is 1.90 bits per heavy atom. The fraction of sp³-hybridized carbons (Fsp3) is 0.318. The van der Waals surface area contributed by atoms with Crippen molar-refractivity contribution in [3.63, 3.8) is 0 Å². The van der Waals surface area contributed by atoms with E-state index in [0.29, 0.717) is 27.7 Å². The Labute approximate surface area is 186 Å². The Morgan fingerprint density at radius 3 is 2.57 bits per heavy atom. The molecule has 1 aromatic heterocycles. The van der Waals surface area contributed by atoms with Gasteiger partial charge >= 0.3 is 0 Å². The van der Waals surface area contributed by atoms with Crippen LogP contribution in [0.4, 0.5) is 5.69 Å². The third-order valence-corrected chi connectivity index (χ3v) is 5.79. The van der Waals surface area contributed by atoms with Crippen LogP contribution in [0.3, 0.4) is 0 Å². The van der Waals surface area contributed by atoms with Crippen LogP contribution < -0.4 is 10.1 Å². The van der Waals surface area contributed by atoms with Crippen LogP contribution in [0.2, 0.25) is 5.02 Å². The lowest BCUT2D eigenvalue weighted by molar-refractivity contribution is -0.113. The van der Waals surface area contributed by atoms with E-state index in [1.165, 1.54) is 17.3 Å². The van der Waals surface area contributed by atoms with Gasteiger partial charge in [0.1, 0.15) is 5.75 Å². The van der Waals surface area contributed by atoms with Gasteiger partial charge in [0.25, 0.3) is 0 Å². The highest BCUT2D eigenvalue weighted by molar-refractivity contribution is 7.99. The second kappa shape index (κ2) is 10.00. The van der Waals surface area contributed by atoms with E-state index < -0.39 is 0 Å². The van der Waals surface area contributed by atoms with E-state index in [-0.39, 0.29) is 17.8 Å². The number of hydrogen-bond donors (Lipinski definition) is 1. The van der Waals surface area contributed by atoms with Crippen LogP contribution in [0, 0.1) is 0 Å². The zero-order valence-corrected chi connectivity index (χ0v) is 19.0. The number of amides is 1. The number of nitrogens with one attached hydrogen (secondary N) is 1. The molecule has 1 N–H and O–H groups in total. The van der Waals surface area contributed by atoms with Crippen LogP contribution in [-0.2, 0) is 11.8 Å². The minimum absolute atomic E-state index is 0.0925. The lowest BCUT2D eigenvalue weighted by atomic mass is 10.0. The van der Waals surface area contributed by atoms with E-state index in [1.807, 2.05) is 54.9 Å². The number of carbonyl (C=O) groups excluding carboxylic acids is 1. The van der Waals surface area contributed by atoms with Crippen molar-refractivity contribution >= 4 is 35.0 Å². The zero-order chi connectivity index (χ0) is 21.7. The molecule has 0 bridgehead atoms. The summed E-state index contributed by atoms with van der Waals surface area (Å²) in [7, 11) is 1.86. The molecule has 3 rings (SSSR count). The molecular weight excluding hydrogens is 420 g/mol. The van der Waals surface area contributed by atoms with Gasteiger partial charge in [0, 0.05) is 17.8 Å². The molecule has 1 atom stereocenters. The van der Waals surface area contributed by atoms with Crippen molar-refractivity contribution in [2.45, 2.75) is 37.9 Å². The maximum atomic E-state index is 12.3. The highest BCUT2D eigenvalue weighted by atomic mass is 35.5. The molecule has 2 aromatic carbocycles. The minimum Gasteiger partial charge on any atom is -0.483 e. The molecule has 1 unspecified atom stereocenters. The number of rotatable bonds is 8. The van der Waals surface area contributed by atoms with Crippen LogP contribution in [0.15, 0.2) is 53.7 Å². The van der Waals surface area contributed by atoms with E-state index in [2.05, 4.69) is 29.4 Å². The monoisotopic (exact) mass is 444 g/mol. The predicted molar refractivity (Wildman–Crippen MR) is 121 cm³/mol. The molecule has 0 aliphatic carbocycles. The number of carbonyl (C=O) groups is 1. The van der Waals surface area contributed by atoms with Crippen molar-refractivity contribution in [1.82, 2.24) is 14.8 Å². The molecule has 8 heteroatoms. The lowest BCUT2D eigenvalue weighted by Crippen LogP contribution is -2.15. The first-order valence-electron chi connectivity index (χ1n) is 9.67. The average molecular weight is 445 g/mol. The molecule has 6 nitrogen and oxygen atoms in total. The smallest absolute Gasteiger partial charge is 0.234 e. The van der Waals surface area contributed by atoms with Crippen molar-refractivity contribution in [3.05, 3.63) is 64.9 Å². The van der Waals surface area contributed by atoms with Gasteiger partial charge in [0.15, 0.2) is 17.1 Å². The zero-order valence-electron chi connectivity index (χ0n) is 17.4. The average Bonchev–Trinajstić information content (AvgIpc) is 3.07. The first kappa shape index (κ1) is 22.2. The molecule has 1 heterocycles. The highest BCUT2D eigenvalue weighted by Crippen LogP contribution is 2.25. The summed E-state index contributed by atoms with van der Waals surface area (Å²) < 4.78 is 7.75. The number of ether oxygens (including phenoxy) is 1. The van der Waals surface area contributed by atoms with E-state index in [0.717, 1.165) is 5.69 Å². The fourth-order valence-corrected chi connectivity index (χ4v) is 3.78. The van der Waals surface area contributed by atoms with Crippen LogP contribution in [-0.4, -0.2) is 26.4 Å². The van der Waals surface area contributed by atoms with Gasteiger partial charge in [-0.15, -0.1) is 10.2 Å². The van der Waals surface area contributed by atoms with Crippen molar-refractivity contribution < 1.29 is 9.53 Å². The summed E-state index contributed by atoms with van der Waals surface area (Å²) in [6, 6.07) is 15.1. The number of thioether (sulfide) groups is 1. The summed E-state index contributed by atoms with van der Waals surface area (Å²) >= 11 is 7.34. The topological polar surface area (TPSA) is 69.0 Å². The number of benzene rings is 2. The number of aromatic nitrogens is 3. The van der Waals surface area contributed by atoms with Gasteiger partial charge < -0.3 is 14.6 Å². The van der Waals surface area contributed by atoms with Crippen molar-refractivity contribution in [2.24, 2.45) is 7.05 Å². The van der Waals surface area contributed by atoms with E-state index >= 15 is 0 Å². The second-order valence-corrected chi connectivity index (χ2v) is 8.61. The first-order valence-corrected chi connectivity index (χ1v) is 11.0. The lowest BCUT2D eigenvalue weighted by Gasteiger charge is -2.14. The van der Waals surface area contributed by atoms with Gasteiger partial charge in [-0.2, -0.15) is 0 Å². The van der Waals surface area contributed by atoms with Gasteiger partial charge in [-0.3, -0.25) is 4.79 Å². The van der Waals surface area contributed by atoms with Gasteiger partial charge in [-0.1, -0.05) is 55.4 Å². The number of halogens is 1. The van der Waals surface area contributed by atoms with Crippen molar-refractivity contribution in [1.29, 1.82) is 0 Å². The van der Waals surface area contributed by atoms with E-state index in [1.54, 1.807) is 12.1 Å². The third-order valence-electron chi connectivity index (χ3n) is 4.53.